The van der Waals surface area contributed by atoms with Crippen LogP contribution < -0.4 is 5.32 Å². The van der Waals surface area contributed by atoms with Gasteiger partial charge in [0.25, 0.3) is 5.91 Å². The monoisotopic (exact) mass is 366 g/mol. The molecule has 2 amide bonds. The number of hydrogen-bond donors (Lipinski definition) is 1. The molecule has 4 nitrogen and oxygen atoms in total. The van der Waals surface area contributed by atoms with Crippen LogP contribution in [0.15, 0.2) is 24.3 Å². The van der Waals surface area contributed by atoms with Crippen molar-refractivity contribution in [2.75, 3.05) is 6.54 Å². The van der Waals surface area contributed by atoms with Crippen molar-refractivity contribution in [3.63, 3.8) is 0 Å². The van der Waals surface area contributed by atoms with Crippen molar-refractivity contribution in [1.82, 2.24) is 10.2 Å². The molecule has 1 rings (SSSR count). The van der Waals surface area contributed by atoms with Crippen LogP contribution in [0.25, 0.3) is 0 Å². The summed E-state index contributed by atoms with van der Waals surface area (Å²) in [4.78, 5) is 27.6. The molecule has 0 aliphatic rings. The molecule has 0 saturated heterocycles. The summed E-state index contributed by atoms with van der Waals surface area (Å²) in [6.45, 7) is 10.9. The highest BCUT2D eigenvalue weighted by Crippen LogP contribution is 2.17. The van der Waals surface area contributed by atoms with Crippen LogP contribution in [0, 0.1) is 5.92 Å². The van der Waals surface area contributed by atoms with Gasteiger partial charge in [-0.3, -0.25) is 9.59 Å². The normalized spacial score (nSPS) is 13.4. The summed E-state index contributed by atoms with van der Waals surface area (Å²) in [5, 5.41) is 3.28. The van der Waals surface area contributed by atoms with Gasteiger partial charge in [-0.25, -0.2) is 0 Å². The lowest BCUT2D eigenvalue weighted by Gasteiger charge is -2.34. The van der Waals surface area contributed by atoms with Crippen molar-refractivity contribution in [3.8, 4) is 0 Å². The fraction of sp³-hybridized carbons (Fsp3) is 0.600. The number of benzene rings is 1. The summed E-state index contributed by atoms with van der Waals surface area (Å²) in [5.41, 5.74) is 0.395. The molecule has 0 radical (unpaired) electrons. The first kappa shape index (κ1) is 21.5. The number of nitrogens with zero attached hydrogens (tertiary/aromatic N) is 1. The van der Waals surface area contributed by atoms with Crippen LogP contribution in [-0.2, 0) is 4.79 Å². The third-order valence-electron chi connectivity index (χ3n) is 4.50. The van der Waals surface area contributed by atoms with Crippen LogP contribution >= 0.6 is 11.6 Å². The molecule has 1 aromatic carbocycles. The van der Waals surface area contributed by atoms with Crippen LogP contribution in [0.2, 0.25) is 5.02 Å². The van der Waals surface area contributed by atoms with Crippen molar-refractivity contribution >= 4 is 23.4 Å². The van der Waals surface area contributed by atoms with Crippen molar-refractivity contribution in [3.05, 3.63) is 34.9 Å². The van der Waals surface area contributed by atoms with Gasteiger partial charge in [-0.15, -0.1) is 0 Å². The number of unbranched alkanes of at least 4 members (excludes halogenated alkanes) is 1. The maximum atomic E-state index is 13.1. The average molecular weight is 367 g/mol. The lowest BCUT2D eigenvalue weighted by Crippen LogP contribution is -2.53. The van der Waals surface area contributed by atoms with E-state index < -0.39 is 6.04 Å². The molecule has 2 atom stereocenters. The highest BCUT2D eigenvalue weighted by Gasteiger charge is 2.30. The zero-order chi connectivity index (χ0) is 19.0. The maximum Gasteiger partial charge on any atom is 0.253 e. The minimum absolute atomic E-state index is 0.00730. The van der Waals surface area contributed by atoms with Gasteiger partial charge in [-0.2, -0.15) is 0 Å². The zero-order valence-electron chi connectivity index (χ0n) is 16.0. The molecule has 140 valence electrons. The van der Waals surface area contributed by atoms with Gasteiger partial charge in [-0.05, 0) is 37.8 Å². The number of nitrogens with one attached hydrogen (secondary N) is 1. The quantitative estimate of drug-likeness (QED) is 0.698. The Morgan fingerprint density at radius 1 is 1.16 bits per heavy atom. The maximum absolute atomic E-state index is 13.1. The van der Waals surface area contributed by atoms with Gasteiger partial charge in [0.05, 0.1) is 10.6 Å². The predicted octanol–water partition coefficient (Wildman–Crippen LogP) is 4.52. The molecule has 0 aliphatic carbocycles. The van der Waals surface area contributed by atoms with Gasteiger partial charge in [0, 0.05) is 12.6 Å². The molecule has 0 saturated carbocycles. The summed E-state index contributed by atoms with van der Waals surface area (Å²) in [6, 6.07) is 6.48. The molecule has 0 spiro atoms. The topological polar surface area (TPSA) is 49.4 Å². The largest absolute Gasteiger partial charge is 0.340 e. The molecule has 5 heteroatoms. The van der Waals surface area contributed by atoms with E-state index in [1.165, 1.54) is 0 Å². The molecule has 0 bridgehead atoms. The first-order valence-electron chi connectivity index (χ1n) is 9.19. The number of hydrogen-bond acceptors (Lipinski definition) is 2. The first-order valence-corrected chi connectivity index (χ1v) is 9.57. The van der Waals surface area contributed by atoms with E-state index in [1.54, 1.807) is 24.3 Å². The van der Waals surface area contributed by atoms with E-state index in [2.05, 4.69) is 26.1 Å². The number of carbonyl (C=O) groups excluding carboxylic acids is 2. The minimum atomic E-state index is -0.561. The van der Waals surface area contributed by atoms with E-state index in [4.69, 9.17) is 11.6 Å². The van der Waals surface area contributed by atoms with E-state index in [0.29, 0.717) is 10.6 Å². The summed E-state index contributed by atoms with van der Waals surface area (Å²) in [7, 11) is 0. The Morgan fingerprint density at radius 2 is 1.80 bits per heavy atom. The molecular weight excluding hydrogens is 336 g/mol. The molecule has 0 aromatic heterocycles. The molecule has 1 N–H and O–H groups in total. The Labute approximate surface area is 156 Å². The number of amides is 2. The average Bonchev–Trinajstić information content (AvgIpc) is 2.59. The van der Waals surface area contributed by atoms with Gasteiger partial charge < -0.3 is 10.2 Å². The van der Waals surface area contributed by atoms with Crippen LogP contribution in [0.1, 0.15) is 64.2 Å². The fourth-order valence-electron chi connectivity index (χ4n) is 2.65. The molecule has 0 heterocycles. The molecule has 0 aliphatic heterocycles. The fourth-order valence-corrected chi connectivity index (χ4v) is 2.87. The van der Waals surface area contributed by atoms with Crippen LogP contribution in [0.4, 0.5) is 0 Å². The third-order valence-corrected chi connectivity index (χ3v) is 4.83. The summed E-state index contributed by atoms with van der Waals surface area (Å²) >= 11 is 6.11. The molecule has 0 fully saturated rings. The molecule has 1 aromatic rings. The smallest absolute Gasteiger partial charge is 0.253 e. The van der Waals surface area contributed by atoms with Crippen LogP contribution in [0.3, 0.4) is 0 Å². The van der Waals surface area contributed by atoms with Gasteiger partial charge in [0.1, 0.15) is 6.04 Å². The Hall–Kier alpha value is -1.55. The zero-order valence-corrected chi connectivity index (χ0v) is 16.8. The van der Waals surface area contributed by atoms with Crippen molar-refractivity contribution in [2.24, 2.45) is 5.92 Å². The SMILES string of the molecule is CCCCN(C(=O)C(NC(=O)c1ccccc1Cl)C(C)C)C(C)CC. The van der Waals surface area contributed by atoms with Gasteiger partial charge in [0.15, 0.2) is 0 Å². The molecule has 2 unspecified atom stereocenters. The van der Waals surface area contributed by atoms with Crippen molar-refractivity contribution in [1.29, 1.82) is 0 Å². The lowest BCUT2D eigenvalue weighted by atomic mass is 10.0. The second-order valence-corrected chi connectivity index (χ2v) is 7.22. The van der Waals surface area contributed by atoms with E-state index in [9.17, 15) is 9.59 Å². The lowest BCUT2D eigenvalue weighted by molar-refractivity contribution is -0.136. The summed E-state index contributed by atoms with van der Waals surface area (Å²) in [5.74, 6) is -0.331. The Balaban J connectivity index is 2.98. The van der Waals surface area contributed by atoms with E-state index in [1.807, 2.05) is 18.7 Å². The van der Waals surface area contributed by atoms with Crippen LogP contribution in [0.5, 0.6) is 0 Å². The Bertz CT molecular complexity index is 575. The van der Waals surface area contributed by atoms with E-state index in [-0.39, 0.29) is 23.8 Å². The number of rotatable bonds is 9. The molecular formula is C20H31ClN2O2. The van der Waals surface area contributed by atoms with E-state index in [0.717, 1.165) is 25.8 Å². The second kappa shape index (κ2) is 10.4. The second-order valence-electron chi connectivity index (χ2n) is 6.82. The Kier molecular flexibility index (Phi) is 8.98. The van der Waals surface area contributed by atoms with Crippen molar-refractivity contribution < 1.29 is 9.59 Å². The van der Waals surface area contributed by atoms with Gasteiger partial charge >= 0.3 is 0 Å². The predicted molar refractivity (Wildman–Crippen MR) is 104 cm³/mol. The van der Waals surface area contributed by atoms with Crippen LogP contribution in [-0.4, -0.2) is 35.3 Å². The standard InChI is InChI=1S/C20H31ClN2O2/c1-6-8-13-23(15(5)7-2)20(25)18(14(3)4)22-19(24)16-11-9-10-12-17(16)21/h9-12,14-15,18H,6-8,13H2,1-5H3,(H,22,24). The molecule has 25 heavy (non-hydrogen) atoms. The van der Waals surface area contributed by atoms with Gasteiger partial charge in [0.2, 0.25) is 5.91 Å². The van der Waals surface area contributed by atoms with Gasteiger partial charge in [-0.1, -0.05) is 57.8 Å². The highest BCUT2D eigenvalue weighted by molar-refractivity contribution is 6.33. The van der Waals surface area contributed by atoms with E-state index >= 15 is 0 Å². The first-order chi connectivity index (χ1) is 11.8. The summed E-state index contributed by atoms with van der Waals surface area (Å²) in [6.07, 6.45) is 2.87. The van der Waals surface area contributed by atoms with Crippen molar-refractivity contribution in [2.45, 2.75) is 66.0 Å². The number of carbonyl (C=O) groups is 2. The summed E-state index contributed by atoms with van der Waals surface area (Å²) < 4.78 is 0. The number of halogens is 1. The minimum Gasteiger partial charge on any atom is -0.340 e. The Morgan fingerprint density at radius 3 is 2.32 bits per heavy atom. The highest BCUT2D eigenvalue weighted by atomic mass is 35.5. The third kappa shape index (κ3) is 6.03.